The Morgan fingerprint density at radius 3 is 2.84 bits per heavy atom. The number of rotatable bonds is 4. The maximum Gasteiger partial charge on any atom is 0.303 e. The van der Waals surface area contributed by atoms with Crippen molar-refractivity contribution in [3.05, 3.63) is 29.8 Å². The summed E-state index contributed by atoms with van der Waals surface area (Å²) >= 11 is 0. The molecular formula is C15H22N2O2. The molecule has 2 N–H and O–H groups in total. The van der Waals surface area contributed by atoms with Crippen molar-refractivity contribution < 1.29 is 9.90 Å². The van der Waals surface area contributed by atoms with Crippen molar-refractivity contribution in [2.75, 3.05) is 18.0 Å². The molecule has 2 unspecified atom stereocenters. The number of hydrogen-bond donors (Lipinski definition) is 2. The van der Waals surface area contributed by atoms with Crippen LogP contribution in [0.15, 0.2) is 24.3 Å². The maximum atomic E-state index is 10.7. The number of para-hydroxylation sites is 1. The van der Waals surface area contributed by atoms with Crippen molar-refractivity contribution in [3.8, 4) is 0 Å². The Labute approximate surface area is 114 Å². The van der Waals surface area contributed by atoms with Gasteiger partial charge in [-0.2, -0.15) is 0 Å². The van der Waals surface area contributed by atoms with Gasteiger partial charge in [-0.15, -0.1) is 0 Å². The molecule has 1 aromatic rings. The Hall–Kier alpha value is -1.55. The molecule has 0 amide bonds. The van der Waals surface area contributed by atoms with Crippen LogP contribution in [0, 0.1) is 6.92 Å². The topological polar surface area (TPSA) is 52.6 Å². The molecule has 0 aromatic heterocycles. The fourth-order valence-corrected chi connectivity index (χ4v) is 2.77. The predicted molar refractivity (Wildman–Crippen MR) is 76.6 cm³/mol. The number of aryl methyl sites for hydroxylation is 1. The predicted octanol–water partition coefficient (Wildman–Crippen LogP) is 2.03. The van der Waals surface area contributed by atoms with E-state index in [0.29, 0.717) is 12.5 Å². The standard InChI is InChI=1S/C15H22N2O2/c1-11-5-3-4-6-14(11)17-9-12(2)16-13(10-17)7-8-15(18)19/h3-6,12-13,16H,7-10H2,1-2H3,(H,18,19). The van der Waals surface area contributed by atoms with Gasteiger partial charge in [0, 0.05) is 37.3 Å². The lowest BCUT2D eigenvalue weighted by molar-refractivity contribution is -0.137. The molecule has 1 saturated heterocycles. The average Bonchev–Trinajstić information content (AvgIpc) is 2.36. The van der Waals surface area contributed by atoms with Crippen molar-refractivity contribution in [2.24, 2.45) is 0 Å². The van der Waals surface area contributed by atoms with E-state index in [1.54, 1.807) is 0 Å². The number of benzene rings is 1. The van der Waals surface area contributed by atoms with E-state index in [1.165, 1.54) is 11.3 Å². The Bertz CT molecular complexity index is 448. The molecule has 1 aliphatic rings. The van der Waals surface area contributed by atoms with Crippen LogP contribution in [0.3, 0.4) is 0 Å². The summed E-state index contributed by atoms with van der Waals surface area (Å²) in [6, 6.07) is 9.00. The van der Waals surface area contributed by atoms with Crippen LogP contribution in [0.4, 0.5) is 5.69 Å². The molecular weight excluding hydrogens is 240 g/mol. The van der Waals surface area contributed by atoms with Crippen LogP contribution in [-0.4, -0.2) is 36.2 Å². The third kappa shape index (κ3) is 3.70. The van der Waals surface area contributed by atoms with Gasteiger partial charge in [0.25, 0.3) is 0 Å². The smallest absolute Gasteiger partial charge is 0.303 e. The van der Waals surface area contributed by atoms with E-state index >= 15 is 0 Å². The summed E-state index contributed by atoms with van der Waals surface area (Å²) in [4.78, 5) is 13.1. The maximum absolute atomic E-state index is 10.7. The molecule has 4 heteroatoms. The first kappa shape index (κ1) is 13.9. The molecule has 0 aliphatic carbocycles. The summed E-state index contributed by atoms with van der Waals surface area (Å²) in [6.45, 7) is 6.11. The molecule has 0 radical (unpaired) electrons. The van der Waals surface area contributed by atoms with Gasteiger partial charge in [0.05, 0.1) is 0 Å². The molecule has 0 saturated carbocycles. The van der Waals surface area contributed by atoms with Gasteiger partial charge in [-0.1, -0.05) is 18.2 Å². The van der Waals surface area contributed by atoms with Gasteiger partial charge >= 0.3 is 5.97 Å². The van der Waals surface area contributed by atoms with Gasteiger partial charge in [0.1, 0.15) is 0 Å². The number of carboxylic acid groups (broad SMARTS) is 1. The molecule has 19 heavy (non-hydrogen) atoms. The summed E-state index contributed by atoms with van der Waals surface area (Å²) in [7, 11) is 0. The number of carboxylic acids is 1. The fourth-order valence-electron chi connectivity index (χ4n) is 2.77. The van der Waals surface area contributed by atoms with Gasteiger partial charge in [0.15, 0.2) is 0 Å². The molecule has 2 rings (SSSR count). The summed E-state index contributed by atoms with van der Waals surface area (Å²) in [5.74, 6) is -0.720. The third-order valence-electron chi connectivity index (χ3n) is 3.62. The largest absolute Gasteiger partial charge is 0.481 e. The normalized spacial score (nSPS) is 23.4. The number of aliphatic carboxylic acids is 1. The van der Waals surface area contributed by atoms with E-state index in [-0.39, 0.29) is 12.5 Å². The van der Waals surface area contributed by atoms with Crippen LogP contribution in [-0.2, 0) is 4.79 Å². The Balaban J connectivity index is 2.05. The number of piperazine rings is 1. The molecule has 2 atom stereocenters. The highest BCUT2D eigenvalue weighted by Crippen LogP contribution is 2.22. The van der Waals surface area contributed by atoms with Gasteiger partial charge in [-0.3, -0.25) is 4.79 Å². The number of carbonyl (C=O) groups is 1. The molecule has 104 valence electrons. The van der Waals surface area contributed by atoms with Crippen molar-refractivity contribution in [3.63, 3.8) is 0 Å². The number of anilines is 1. The zero-order chi connectivity index (χ0) is 13.8. The van der Waals surface area contributed by atoms with Crippen molar-refractivity contribution in [2.45, 2.75) is 38.8 Å². The number of hydrogen-bond acceptors (Lipinski definition) is 3. The highest BCUT2D eigenvalue weighted by Gasteiger charge is 2.25. The summed E-state index contributed by atoms with van der Waals surface area (Å²) in [5.41, 5.74) is 2.53. The van der Waals surface area contributed by atoms with Crippen LogP contribution in [0.5, 0.6) is 0 Å². The second-order valence-corrected chi connectivity index (χ2v) is 5.39. The number of nitrogens with zero attached hydrogens (tertiary/aromatic N) is 1. The van der Waals surface area contributed by atoms with Gasteiger partial charge in [-0.05, 0) is 31.9 Å². The minimum absolute atomic E-state index is 0.228. The van der Waals surface area contributed by atoms with Crippen LogP contribution in [0.2, 0.25) is 0 Å². The molecule has 0 bridgehead atoms. The fraction of sp³-hybridized carbons (Fsp3) is 0.533. The molecule has 1 aliphatic heterocycles. The SMILES string of the molecule is Cc1ccccc1N1CC(C)NC(CCC(=O)O)C1. The van der Waals surface area contributed by atoms with E-state index in [1.807, 2.05) is 6.07 Å². The van der Waals surface area contributed by atoms with Crippen molar-refractivity contribution >= 4 is 11.7 Å². The lowest BCUT2D eigenvalue weighted by Gasteiger charge is -2.39. The quantitative estimate of drug-likeness (QED) is 0.871. The minimum Gasteiger partial charge on any atom is -0.481 e. The molecule has 1 fully saturated rings. The molecule has 1 aromatic carbocycles. The first-order valence-electron chi connectivity index (χ1n) is 6.84. The lowest BCUT2D eigenvalue weighted by Crippen LogP contribution is -2.55. The summed E-state index contributed by atoms with van der Waals surface area (Å²) in [6.07, 6.45) is 0.911. The second-order valence-electron chi connectivity index (χ2n) is 5.39. The zero-order valence-electron chi connectivity index (χ0n) is 11.6. The highest BCUT2D eigenvalue weighted by atomic mass is 16.4. The molecule has 4 nitrogen and oxygen atoms in total. The van der Waals surface area contributed by atoms with Crippen LogP contribution in [0.25, 0.3) is 0 Å². The second kappa shape index (κ2) is 6.06. The van der Waals surface area contributed by atoms with E-state index in [4.69, 9.17) is 5.11 Å². The van der Waals surface area contributed by atoms with Gasteiger partial charge in [-0.25, -0.2) is 0 Å². The minimum atomic E-state index is -0.720. The van der Waals surface area contributed by atoms with E-state index in [9.17, 15) is 4.79 Å². The van der Waals surface area contributed by atoms with E-state index in [0.717, 1.165) is 13.1 Å². The van der Waals surface area contributed by atoms with Gasteiger partial charge in [0.2, 0.25) is 0 Å². The Morgan fingerprint density at radius 1 is 1.42 bits per heavy atom. The first-order valence-corrected chi connectivity index (χ1v) is 6.84. The molecule has 0 spiro atoms. The summed E-state index contributed by atoms with van der Waals surface area (Å²) < 4.78 is 0. The third-order valence-corrected chi connectivity index (χ3v) is 3.62. The van der Waals surface area contributed by atoms with Crippen molar-refractivity contribution in [1.29, 1.82) is 0 Å². The summed E-state index contributed by atoms with van der Waals surface area (Å²) in [5, 5.41) is 12.3. The first-order chi connectivity index (χ1) is 9.06. The zero-order valence-corrected chi connectivity index (χ0v) is 11.6. The highest BCUT2D eigenvalue weighted by molar-refractivity contribution is 5.66. The lowest BCUT2D eigenvalue weighted by atomic mass is 10.0. The van der Waals surface area contributed by atoms with Crippen LogP contribution in [0.1, 0.15) is 25.3 Å². The average molecular weight is 262 g/mol. The monoisotopic (exact) mass is 262 g/mol. The Morgan fingerprint density at radius 2 is 2.16 bits per heavy atom. The van der Waals surface area contributed by atoms with E-state index in [2.05, 4.69) is 42.3 Å². The van der Waals surface area contributed by atoms with Gasteiger partial charge < -0.3 is 15.3 Å². The van der Waals surface area contributed by atoms with Crippen LogP contribution >= 0.6 is 0 Å². The van der Waals surface area contributed by atoms with Crippen LogP contribution < -0.4 is 10.2 Å². The molecule has 1 heterocycles. The number of nitrogens with one attached hydrogen (secondary N) is 1. The van der Waals surface area contributed by atoms with Crippen molar-refractivity contribution in [1.82, 2.24) is 5.32 Å². The van der Waals surface area contributed by atoms with E-state index < -0.39 is 5.97 Å². The Kier molecular flexibility index (Phi) is 4.43.